The van der Waals surface area contributed by atoms with Crippen LogP contribution in [0.5, 0.6) is 0 Å². The van der Waals surface area contributed by atoms with Crippen molar-refractivity contribution >= 4 is 43.3 Å². The minimum atomic E-state index is -3.42. The Hall–Kier alpha value is -1.48. The summed E-state index contributed by atoms with van der Waals surface area (Å²) in [6.45, 7) is 1.20. The van der Waals surface area contributed by atoms with Gasteiger partial charge in [-0.1, -0.05) is 18.6 Å². The second-order valence-corrected chi connectivity index (χ2v) is 10.1. The molecule has 1 aromatic carbocycles. The van der Waals surface area contributed by atoms with Gasteiger partial charge in [-0.25, -0.2) is 18.4 Å². The predicted molar refractivity (Wildman–Crippen MR) is 101 cm³/mol. The first-order chi connectivity index (χ1) is 12.1. The number of hydrogen-bond acceptors (Lipinski definition) is 6. The Morgan fingerprint density at radius 1 is 1.04 bits per heavy atom. The van der Waals surface area contributed by atoms with Gasteiger partial charge in [0.1, 0.15) is 9.92 Å². The number of pyridine rings is 1. The van der Waals surface area contributed by atoms with Gasteiger partial charge in [0.2, 0.25) is 10.0 Å². The van der Waals surface area contributed by atoms with Gasteiger partial charge in [0.25, 0.3) is 0 Å². The molecule has 3 heterocycles. The van der Waals surface area contributed by atoms with E-state index in [-0.39, 0.29) is 4.90 Å². The SMILES string of the molecule is O=S(=O)(c1ccc(Sc2nc3ccccc3s2)nc1)N1CCCCC1. The fourth-order valence-corrected chi connectivity index (χ4v) is 6.23. The molecule has 0 unspecified atom stereocenters. The number of para-hydroxylation sites is 1. The van der Waals surface area contributed by atoms with Gasteiger partial charge in [0.05, 0.1) is 10.2 Å². The van der Waals surface area contributed by atoms with Crippen molar-refractivity contribution in [3.8, 4) is 0 Å². The Morgan fingerprint density at radius 3 is 2.56 bits per heavy atom. The summed E-state index contributed by atoms with van der Waals surface area (Å²) in [4.78, 5) is 9.16. The van der Waals surface area contributed by atoms with Crippen molar-refractivity contribution in [2.45, 2.75) is 33.5 Å². The van der Waals surface area contributed by atoms with Crippen LogP contribution in [0.2, 0.25) is 0 Å². The zero-order valence-electron chi connectivity index (χ0n) is 13.5. The highest BCUT2D eigenvalue weighted by atomic mass is 32.2. The molecule has 25 heavy (non-hydrogen) atoms. The first-order valence-electron chi connectivity index (χ1n) is 8.12. The number of aromatic nitrogens is 2. The molecule has 3 aromatic rings. The maximum atomic E-state index is 12.6. The molecular formula is C17H17N3O2S3. The lowest BCUT2D eigenvalue weighted by Gasteiger charge is -2.25. The fraction of sp³-hybridized carbons (Fsp3) is 0.294. The van der Waals surface area contributed by atoms with E-state index in [2.05, 4.69) is 9.97 Å². The van der Waals surface area contributed by atoms with Crippen molar-refractivity contribution in [2.24, 2.45) is 0 Å². The van der Waals surface area contributed by atoms with Gasteiger partial charge in [0, 0.05) is 19.3 Å². The van der Waals surface area contributed by atoms with E-state index in [4.69, 9.17) is 0 Å². The summed E-state index contributed by atoms with van der Waals surface area (Å²) < 4.78 is 28.9. The predicted octanol–water partition coefficient (Wildman–Crippen LogP) is 4.02. The van der Waals surface area contributed by atoms with Gasteiger partial charge < -0.3 is 0 Å². The van der Waals surface area contributed by atoms with Gasteiger partial charge in [-0.3, -0.25) is 0 Å². The van der Waals surface area contributed by atoms with Crippen molar-refractivity contribution in [1.29, 1.82) is 0 Å². The maximum absolute atomic E-state index is 12.6. The van der Waals surface area contributed by atoms with E-state index in [0.717, 1.165) is 38.8 Å². The molecule has 8 heteroatoms. The summed E-state index contributed by atoms with van der Waals surface area (Å²) in [6.07, 6.45) is 4.41. The van der Waals surface area contributed by atoms with Crippen LogP contribution in [0, 0.1) is 0 Å². The molecule has 1 fully saturated rings. The normalized spacial score (nSPS) is 16.3. The number of nitrogens with zero attached hydrogens (tertiary/aromatic N) is 3. The highest BCUT2D eigenvalue weighted by Crippen LogP contribution is 2.33. The Kier molecular flexibility index (Phi) is 4.77. The molecule has 0 spiro atoms. The van der Waals surface area contributed by atoms with Crippen LogP contribution < -0.4 is 0 Å². The average Bonchev–Trinajstić information content (AvgIpc) is 3.05. The monoisotopic (exact) mass is 391 g/mol. The molecule has 0 saturated carbocycles. The number of hydrogen-bond donors (Lipinski definition) is 0. The fourth-order valence-electron chi connectivity index (χ4n) is 2.82. The van der Waals surface area contributed by atoms with Gasteiger partial charge >= 0.3 is 0 Å². The standard InChI is InChI=1S/C17H17N3O2S3/c21-25(22,20-10-4-1-5-11-20)13-8-9-16(18-12-13)24-17-19-14-6-2-3-7-15(14)23-17/h2-3,6-9,12H,1,4-5,10-11H2. The van der Waals surface area contributed by atoms with E-state index in [9.17, 15) is 8.42 Å². The molecule has 1 aliphatic rings. The van der Waals surface area contributed by atoms with E-state index >= 15 is 0 Å². The second-order valence-electron chi connectivity index (χ2n) is 5.85. The Bertz CT molecular complexity index is 945. The lowest BCUT2D eigenvalue weighted by atomic mass is 10.2. The van der Waals surface area contributed by atoms with Crippen molar-refractivity contribution in [2.75, 3.05) is 13.1 Å². The molecule has 5 nitrogen and oxygen atoms in total. The molecule has 1 saturated heterocycles. The van der Waals surface area contributed by atoms with E-state index in [0.29, 0.717) is 13.1 Å². The zero-order valence-corrected chi connectivity index (χ0v) is 15.9. The van der Waals surface area contributed by atoms with Crippen LogP contribution in [-0.4, -0.2) is 35.8 Å². The van der Waals surface area contributed by atoms with Crippen molar-refractivity contribution < 1.29 is 8.42 Å². The molecule has 0 radical (unpaired) electrons. The summed E-state index contributed by atoms with van der Waals surface area (Å²) in [7, 11) is -3.42. The minimum Gasteiger partial charge on any atom is -0.248 e. The molecule has 0 bridgehead atoms. The van der Waals surface area contributed by atoms with Crippen LogP contribution in [0.1, 0.15) is 19.3 Å². The Balaban J connectivity index is 1.53. The number of fused-ring (bicyclic) bond motifs is 1. The summed E-state index contributed by atoms with van der Waals surface area (Å²) in [5.41, 5.74) is 0.972. The molecule has 0 N–H and O–H groups in total. The van der Waals surface area contributed by atoms with Crippen molar-refractivity contribution in [1.82, 2.24) is 14.3 Å². The number of piperidine rings is 1. The third kappa shape index (κ3) is 3.57. The molecule has 4 rings (SSSR count). The van der Waals surface area contributed by atoms with Crippen LogP contribution in [0.15, 0.2) is 56.9 Å². The van der Waals surface area contributed by atoms with Crippen molar-refractivity contribution in [3.63, 3.8) is 0 Å². The van der Waals surface area contributed by atoms with E-state index in [1.807, 2.05) is 24.3 Å². The lowest BCUT2D eigenvalue weighted by molar-refractivity contribution is 0.346. The zero-order chi connectivity index (χ0) is 17.3. The number of benzene rings is 1. The highest BCUT2D eigenvalue weighted by molar-refractivity contribution is 8.01. The molecule has 130 valence electrons. The number of rotatable bonds is 4. The van der Waals surface area contributed by atoms with Crippen LogP contribution in [0.3, 0.4) is 0 Å². The summed E-state index contributed by atoms with van der Waals surface area (Å²) >= 11 is 3.07. The van der Waals surface area contributed by atoms with Gasteiger partial charge in [0.15, 0.2) is 4.34 Å². The van der Waals surface area contributed by atoms with Crippen LogP contribution >= 0.6 is 23.1 Å². The van der Waals surface area contributed by atoms with Gasteiger partial charge in [-0.15, -0.1) is 11.3 Å². The molecule has 2 aromatic heterocycles. The lowest BCUT2D eigenvalue weighted by Crippen LogP contribution is -2.35. The van der Waals surface area contributed by atoms with Crippen LogP contribution in [0.4, 0.5) is 0 Å². The highest BCUT2D eigenvalue weighted by Gasteiger charge is 2.26. The molecular weight excluding hydrogens is 374 g/mol. The molecule has 1 aliphatic heterocycles. The number of sulfonamides is 1. The second kappa shape index (κ2) is 7.03. The van der Waals surface area contributed by atoms with Crippen LogP contribution in [-0.2, 0) is 10.0 Å². The molecule has 0 atom stereocenters. The third-order valence-electron chi connectivity index (χ3n) is 4.13. The van der Waals surface area contributed by atoms with E-state index in [1.165, 1.54) is 18.0 Å². The topological polar surface area (TPSA) is 63.2 Å². The van der Waals surface area contributed by atoms with Crippen LogP contribution in [0.25, 0.3) is 10.2 Å². The first-order valence-corrected chi connectivity index (χ1v) is 11.2. The average molecular weight is 392 g/mol. The minimum absolute atomic E-state index is 0.267. The largest absolute Gasteiger partial charge is 0.248 e. The maximum Gasteiger partial charge on any atom is 0.244 e. The number of thiazole rings is 1. The van der Waals surface area contributed by atoms with E-state index in [1.54, 1.807) is 27.8 Å². The summed E-state index contributed by atoms with van der Waals surface area (Å²) in [6, 6.07) is 11.4. The third-order valence-corrected chi connectivity index (χ3v) is 8.06. The summed E-state index contributed by atoms with van der Waals surface area (Å²) in [5, 5.41) is 0.747. The summed E-state index contributed by atoms with van der Waals surface area (Å²) in [5.74, 6) is 0. The first kappa shape index (κ1) is 17.0. The molecule has 0 amide bonds. The van der Waals surface area contributed by atoms with E-state index < -0.39 is 10.0 Å². The molecule has 0 aliphatic carbocycles. The Morgan fingerprint density at radius 2 is 1.84 bits per heavy atom. The smallest absolute Gasteiger partial charge is 0.244 e. The van der Waals surface area contributed by atoms with Crippen molar-refractivity contribution in [3.05, 3.63) is 42.6 Å². The van der Waals surface area contributed by atoms with Gasteiger partial charge in [-0.2, -0.15) is 4.31 Å². The Labute approximate surface area is 155 Å². The van der Waals surface area contributed by atoms with Gasteiger partial charge in [-0.05, 0) is 48.9 Å². The quantitative estimate of drug-likeness (QED) is 0.672.